The van der Waals surface area contributed by atoms with E-state index in [1.807, 2.05) is 37.4 Å². The van der Waals surface area contributed by atoms with Gasteiger partial charge in [-0.3, -0.25) is 9.59 Å². The van der Waals surface area contributed by atoms with Crippen LogP contribution in [0.3, 0.4) is 0 Å². The molecule has 1 heterocycles. The molecule has 0 bridgehead atoms. The second-order valence-corrected chi connectivity index (χ2v) is 4.72. The Balaban J connectivity index is 2.09. The summed E-state index contributed by atoms with van der Waals surface area (Å²) in [6, 6.07) is 7.89. The van der Waals surface area contributed by atoms with E-state index in [1.54, 1.807) is 0 Å². The fourth-order valence-electron chi connectivity index (χ4n) is 2.06. The average molecular weight is 277 g/mol. The summed E-state index contributed by atoms with van der Waals surface area (Å²) < 4.78 is 4.62. The Morgan fingerprint density at radius 3 is 2.79 bits per heavy atom. The van der Waals surface area contributed by atoms with E-state index < -0.39 is 11.9 Å². The van der Waals surface area contributed by atoms with Crippen molar-refractivity contribution < 1.29 is 14.3 Å². The summed E-state index contributed by atoms with van der Waals surface area (Å²) in [5.74, 6) is -1.24. The largest absolute Gasteiger partial charge is 0.393 e. The zero-order valence-corrected chi connectivity index (χ0v) is 11.4. The number of aromatic amines is 1. The maximum Gasteiger partial charge on any atom is 0.323 e. The monoisotopic (exact) mass is 277 g/mol. The van der Waals surface area contributed by atoms with Crippen molar-refractivity contribution in [1.82, 2.24) is 4.98 Å². The van der Waals surface area contributed by atoms with Crippen LogP contribution in [0.2, 0.25) is 0 Å². The van der Waals surface area contributed by atoms with Crippen LogP contribution in [0.1, 0.15) is 24.8 Å². The van der Waals surface area contributed by atoms with E-state index in [0.29, 0.717) is 0 Å². The lowest BCUT2D eigenvalue weighted by molar-refractivity contribution is -0.157. The first-order valence-corrected chi connectivity index (χ1v) is 6.65. The Morgan fingerprint density at radius 1 is 1.32 bits per heavy atom. The van der Waals surface area contributed by atoms with Crippen molar-refractivity contribution in [3.8, 4) is 0 Å². The predicted octanol–water partition coefficient (Wildman–Crippen LogP) is 2.66. The molecule has 0 saturated carbocycles. The number of H-pyrrole nitrogens is 1. The van der Waals surface area contributed by atoms with Crippen LogP contribution in [-0.2, 0) is 14.3 Å². The van der Waals surface area contributed by atoms with Crippen LogP contribution < -0.4 is 0 Å². The van der Waals surface area contributed by atoms with Gasteiger partial charge in [0.15, 0.2) is 0 Å². The molecule has 0 aliphatic rings. The Kier molecular flexibility index (Phi) is 4.27. The highest BCUT2D eigenvalue weighted by atomic mass is 32.1. The van der Waals surface area contributed by atoms with Crippen LogP contribution in [0.4, 0.5) is 0 Å². The molecular formula is C14H15NO3S. The van der Waals surface area contributed by atoms with Gasteiger partial charge in [-0.05, 0) is 17.5 Å². The smallest absolute Gasteiger partial charge is 0.323 e. The fraction of sp³-hybridized carbons (Fsp3) is 0.286. The minimum atomic E-state index is -0.612. The van der Waals surface area contributed by atoms with Crippen LogP contribution in [0.5, 0.6) is 0 Å². The Morgan fingerprint density at radius 2 is 2.05 bits per heavy atom. The van der Waals surface area contributed by atoms with E-state index in [-0.39, 0.29) is 18.1 Å². The first-order valence-electron chi connectivity index (χ1n) is 6.02. The maximum atomic E-state index is 11.6. The van der Waals surface area contributed by atoms with Crippen LogP contribution in [-0.4, -0.2) is 22.7 Å². The molecular weight excluding hydrogens is 262 g/mol. The van der Waals surface area contributed by atoms with Gasteiger partial charge in [0.1, 0.15) is 0 Å². The van der Waals surface area contributed by atoms with Crippen molar-refractivity contribution in [2.75, 3.05) is 5.75 Å². The first kappa shape index (κ1) is 13.7. The predicted molar refractivity (Wildman–Crippen MR) is 76.3 cm³/mol. The summed E-state index contributed by atoms with van der Waals surface area (Å²) in [5, 5.41) is 1.09. The lowest BCUT2D eigenvalue weighted by Gasteiger charge is -2.09. The van der Waals surface area contributed by atoms with Gasteiger partial charge in [0.05, 0.1) is 12.2 Å². The highest BCUT2D eigenvalue weighted by molar-refractivity contribution is 7.81. The number of fused-ring (bicyclic) bond motifs is 1. The molecule has 100 valence electrons. The highest BCUT2D eigenvalue weighted by Gasteiger charge is 2.17. The van der Waals surface area contributed by atoms with Crippen molar-refractivity contribution in [3.05, 3.63) is 36.0 Å². The second-order valence-electron chi connectivity index (χ2n) is 4.40. The van der Waals surface area contributed by atoms with Crippen LogP contribution >= 0.6 is 12.6 Å². The standard InChI is InChI=1S/C14H15NO3S/c1-9(6-13(16)18-14(17)8-19)11-7-15-12-5-3-2-4-10(11)12/h2-5,7,9,15,19H,6,8H2,1H3. The molecule has 1 N–H and O–H groups in total. The summed E-state index contributed by atoms with van der Waals surface area (Å²) >= 11 is 3.76. The minimum absolute atomic E-state index is 0.0173. The van der Waals surface area contributed by atoms with Crippen molar-refractivity contribution in [2.24, 2.45) is 0 Å². The van der Waals surface area contributed by atoms with Gasteiger partial charge in [-0.2, -0.15) is 12.6 Å². The van der Waals surface area contributed by atoms with Gasteiger partial charge in [-0.1, -0.05) is 25.1 Å². The summed E-state index contributed by atoms with van der Waals surface area (Å²) in [7, 11) is 0. The molecule has 1 unspecified atom stereocenters. The molecule has 0 aliphatic carbocycles. The van der Waals surface area contributed by atoms with E-state index in [2.05, 4.69) is 22.3 Å². The minimum Gasteiger partial charge on any atom is -0.393 e. The topological polar surface area (TPSA) is 59.2 Å². The van der Waals surface area contributed by atoms with Gasteiger partial charge in [0.25, 0.3) is 0 Å². The summed E-state index contributed by atoms with van der Waals surface area (Å²) in [6.45, 7) is 1.93. The average Bonchev–Trinajstić information content (AvgIpc) is 2.82. The zero-order valence-electron chi connectivity index (χ0n) is 10.6. The number of esters is 2. The third-order valence-corrected chi connectivity index (χ3v) is 3.24. The van der Waals surface area contributed by atoms with Crippen LogP contribution in [0.25, 0.3) is 10.9 Å². The molecule has 0 amide bonds. The first-order chi connectivity index (χ1) is 9.11. The zero-order chi connectivity index (χ0) is 13.8. The molecule has 0 spiro atoms. The molecule has 4 nitrogen and oxygen atoms in total. The van der Waals surface area contributed by atoms with E-state index in [1.165, 1.54) is 0 Å². The van der Waals surface area contributed by atoms with Gasteiger partial charge in [0, 0.05) is 17.1 Å². The van der Waals surface area contributed by atoms with Crippen molar-refractivity contribution >= 4 is 35.5 Å². The van der Waals surface area contributed by atoms with Gasteiger partial charge < -0.3 is 9.72 Å². The number of ether oxygens (including phenoxy) is 1. The molecule has 0 aliphatic heterocycles. The van der Waals surface area contributed by atoms with Gasteiger partial charge in [-0.25, -0.2) is 0 Å². The normalized spacial score (nSPS) is 12.3. The molecule has 0 saturated heterocycles. The summed E-state index contributed by atoms with van der Waals surface area (Å²) in [5.41, 5.74) is 2.08. The Labute approximate surface area is 116 Å². The number of rotatable bonds is 4. The molecule has 2 rings (SSSR count). The van der Waals surface area contributed by atoms with Crippen molar-refractivity contribution in [1.29, 1.82) is 0 Å². The number of para-hydroxylation sites is 1. The van der Waals surface area contributed by atoms with Gasteiger partial charge in [-0.15, -0.1) is 0 Å². The van der Waals surface area contributed by atoms with E-state index in [9.17, 15) is 9.59 Å². The number of hydrogen-bond acceptors (Lipinski definition) is 4. The Bertz CT molecular complexity index is 606. The number of hydrogen-bond donors (Lipinski definition) is 2. The van der Waals surface area contributed by atoms with E-state index in [4.69, 9.17) is 0 Å². The van der Waals surface area contributed by atoms with Crippen LogP contribution in [0, 0.1) is 0 Å². The summed E-state index contributed by atoms with van der Waals surface area (Å²) in [6.07, 6.45) is 2.06. The van der Waals surface area contributed by atoms with Crippen LogP contribution in [0.15, 0.2) is 30.5 Å². The van der Waals surface area contributed by atoms with Crippen molar-refractivity contribution in [2.45, 2.75) is 19.3 Å². The number of carbonyl (C=O) groups is 2. The number of carbonyl (C=O) groups excluding carboxylic acids is 2. The highest BCUT2D eigenvalue weighted by Crippen LogP contribution is 2.27. The molecule has 1 aromatic heterocycles. The molecule has 1 aromatic carbocycles. The second kappa shape index (κ2) is 5.93. The molecule has 19 heavy (non-hydrogen) atoms. The third-order valence-electron chi connectivity index (χ3n) is 2.98. The lowest BCUT2D eigenvalue weighted by Crippen LogP contribution is -2.15. The molecule has 2 aromatic rings. The molecule has 0 fully saturated rings. The van der Waals surface area contributed by atoms with Gasteiger partial charge in [0.2, 0.25) is 0 Å². The molecule has 5 heteroatoms. The summed E-state index contributed by atoms with van der Waals surface area (Å²) in [4.78, 5) is 25.7. The molecule has 1 atom stereocenters. The Hall–Kier alpha value is -1.75. The number of thiol groups is 1. The fourth-order valence-corrected chi connectivity index (χ4v) is 2.13. The molecule has 0 radical (unpaired) electrons. The number of benzene rings is 1. The van der Waals surface area contributed by atoms with E-state index >= 15 is 0 Å². The van der Waals surface area contributed by atoms with Crippen molar-refractivity contribution in [3.63, 3.8) is 0 Å². The number of nitrogens with one attached hydrogen (secondary N) is 1. The number of aromatic nitrogens is 1. The maximum absolute atomic E-state index is 11.6. The van der Waals surface area contributed by atoms with E-state index in [0.717, 1.165) is 16.5 Å². The SMILES string of the molecule is CC(CC(=O)OC(=O)CS)c1c[nH]c2ccccc12. The van der Waals surface area contributed by atoms with Gasteiger partial charge >= 0.3 is 11.9 Å². The third kappa shape index (κ3) is 3.17. The lowest BCUT2D eigenvalue weighted by atomic mass is 9.97. The quantitative estimate of drug-likeness (QED) is 0.513.